The molecule has 3 aromatic carbocycles. The first-order chi connectivity index (χ1) is 19.6. The number of rotatable bonds is 16. The summed E-state index contributed by atoms with van der Waals surface area (Å²) in [6, 6.07) is 22.9. The summed E-state index contributed by atoms with van der Waals surface area (Å²) in [5, 5.41) is 13.1. The number of nitrogens with two attached hydrogens (primary N) is 2. The van der Waals surface area contributed by atoms with Crippen LogP contribution < -0.4 is 21.7 Å². The van der Waals surface area contributed by atoms with Gasteiger partial charge in [0.1, 0.15) is 0 Å². The molecular formula is C31H43N5O4S. The van der Waals surface area contributed by atoms with Crippen molar-refractivity contribution in [2.24, 2.45) is 5.92 Å². The Labute approximate surface area is 244 Å². The summed E-state index contributed by atoms with van der Waals surface area (Å²) in [5.41, 5.74) is 14.8. The van der Waals surface area contributed by atoms with Crippen molar-refractivity contribution in [3.8, 4) is 0 Å². The van der Waals surface area contributed by atoms with Crippen LogP contribution in [-0.4, -0.2) is 56.0 Å². The summed E-state index contributed by atoms with van der Waals surface area (Å²) >= 11 is 0. The molecule has 0 fully saturated rings. The maximum atomic E-state index is 13.4. The van der Waals surface area contributed by atoms with Crippen LogP contribution in [-0.2, 0) is 21.4 Å². The van der Waals surface area contributed by atoms with Crippen LogP contribution >= 0.6 is 0 Å². The highest BCUT2D eigenvalue weighted by atomic mass is 32.2. The second-order valence-corrected chi connectivity index (χ2v) is 12.5. The number of carbonyl (C=O) groups is 1. The predicted molar refractivity (Wildman–Crippen MR) is 166 cm³/mol. The summed E-state index contributed by atoms with van der Waals surface area (Å²) in [4.78, 5) is 15.0. The van der Waals surface area contributed by atoms with E-state index in [0.717, 1.165) is 11.3 Å². The third-order valence-corrected chi connectivity index (χ3v) is 8.65. The van der Waals surface area contributed by atoms with Gasteiger partial charge in [-0.15, -0.1) is 0 Å². The number of anilines is 3. The Bertz CT molecular complexity index is 1330. The third-order valence-electron chi connectivity index (χ3n) is 6.72. The van der Waals surface area contributed by atoms with E-state index in [9.17, 15) is 18.3 Å². The molecule has 0 heterocycles. The Kier molecular flexibility index (Phi) is 12.0. The van der Waals surface area contributed by atoms with Crippen LogP contribution in [0.25, 0.3) is 0 Å². The highest BCUT2D eigenvalue weighted by Gasteiger charge is 2.31. The highest BCUT2D eigenvalue weighted by molar-refractivity contribution is 7.89. The van der Waals surface area contributed by atoms with E-state index in [1.807, 2.05) is 73.3 Å². The van der Waals surface area contributed by atoms with Crippen molar-refractivity contribution in [1.29, 1.82) is 0 Å². The topological polar surface area (TPSA) is 142 Å². The molecule has 0 radical (unpaired) electrons. The largest absolute Gasteiger partial charge is 0.399 e. The molecule has 3 aromatic rings. The molecule has 3 rings (SSSR count). The second-order valence-electron chi connectivity index (χ2n) is 10.7. The fourth-order valence-corrected chi connectivity index (χ4v) is 6.47. The maximum absolute atomic E-state index is 13.4. The van der Waals surface area contributed by atoms with Gasteiger partial charge in [-0.3, -0.25) is 4.79 Å². The molecule has 9 nitrogen and oxygen atoms in total. The fraction of sp³-hybridized carbons (Fsp3) is 0.387. The lowest BCUT2D eigenvalue weighted by Crippen LogP contribution is -2.44. The summed E-state index contributed by atoms with van der Waals surface area (Å²) in [5.74, 6) is -0.0318. The number of aliphatic hydroxyl groups excluding tert-OH is 1. The van der Waals surface area contributed by atoms with Crippen LogP contribution in [0.2, 0.25) is 0 Å². The number of benzene rings is 3. The smallest absolute Gasteiger partial charge is 0.243 e. The number of nitrogens with one attached hydrogen (secondary N) is 1. The second kappa shape index (κ2) is 15.4. The van der Waals surface area contributed by atoms with Crippen molar-refractivity contribution < 1.29 is 18.3 Å². The van der Waals surface area contributed by atoms with Gasteiger partial charge in [-0.2, -0.15) is 4.31 Å². The SMILES string of the molecule is CC(C)CN([C@H](CO)CCCCNC(=O)CN(Cc1cccc(N)c1)c1ccccc1)S(=O)(=O)c1ccc(N)cc1. The molecule has 41 heavy (non-hydrogen) atoms. The van der Waals surface area contributed by atoms with Crippen LogP contribution in [0.5, 0.6) is 0 Å². The van der Waals surface area contributed by atoms with E-state index in [1.54, 1.807) is 12.1 Å². The first kappa shape index (κ1) is 31.9. The van der Waals surface area contributed by atoms with Gasteiger partial charge in [-0.1, -0.05) is 50.6 Å². The van der Waals surface area contributed by atoms with Crippen molar-refractivity contribution in [3.05, 3.63) is 84.4 Å². The summed E-state index contributed by atoms with van der Waals surface area (Å²) in [7, 11) is -3.81. The van der Waals surface area contributed by atoms with Crippen molar-refractivity contribution in [2.75, 3.05) is 42.6 Å². The number of aliphatic hydroxyl groups is 1. The van der Waals surface area contributed by atoms with Gasteiger partial charge in [0.2, 0.25) is 15.9 Å². The lowest BCUT2D eigenvalue weighted by molar-refractivity contribution is -0.119. The monoisotopic (exact) mass is 581 g/mol. The zero-order valence-electron chi connectivity index (χ0n) is 23.9. The zero-order chi connectivity index (χ0) is 29.8. The number of sulfonamides is 1. The summed E-state index contributed by atoms with van der Waals surface area (Å²) in [6.45, 7) is 5.06. The van der Waals surface area contributed by atoms with E-state index >= 15 is 0 Å². The minimum atomic E-state index is -3.81. The number of hydrogen-bond acceptors (Lipinski definition) is 7. The minimum Gasteiger partial charge on any atom is -0.399 e. The van der Waals surface area contributed by atoms with Crippen LogP contribution in [0.3, 0.4) is 0 Å². The van der Waals surface area contributed by atoms with E-state index in [0.29, 0.717) is 43.7 Å². The normalized spacial score (nSPS) is 12.4. The number of nitrogen functional groups attached to an aromatic ring is 2. The number of amides is 1. The quantitative estimate of drug-likeness (QED) is 0.149. The number of para-hydroxylation sites is 1. The number of hydrogen-bond donors (Lipinski definition) is 4. The van der Waals surface area contributed by atoms with Crippen LogP contribution in [0.1, 0.15) is 38.7 Å². The molecule has 0 unspecified atom stereocenters. The van der Waals surface area contributed by atoms with Gasteiger partial charge in [0.25, 0.3) is 0 Å². The molecule has 0 saturated heterocycles. The average molecular weight is 582 g/mol. The summed E-state index contributed by atoms with van der Waals surface area (Å²) in [6.07, 6.45) is 1.77. The molecule has 6 N–H and O–H groups in total. The molecule has 0 saturated carbocycles. The van der Waals surface area contributed by atoms with Crippen LogP contribution in [0.15, 0.2) is 83.8 Å². The first-order valence-electron chi connectivity index (χ1n) is 14.0. The molecule has 0 aliphatic rings. The van der Waals surface area contributed by atoms with Gasteiger partial charge in [0, 0.05) is 42.7 Å². The van der Waals surface area contributed by atoms with Gasteiger partial charge in [-0.25, -0.2) is 8.42 Å². The molecule has 0 bridgehead atoms. The highest BCUT2D eigenvalue weighted by Crippen LogP contribution is 2.23. The molecule has 0 spiro atoms. The average Bonchev–Trinajstić information content (AvgIpc) is 2.94. The lowest BCUT2D eigenvalue weighted by atomic mass is 10.1. The van der Waals surface area contributed by atoms with Crippen molar-refractivity contribution in [1.82, 2.24) is 9.62 Å². The number of carbonyl (C=O) groups excluding carboxylic acids is 1. The Morgan fingerprint density at radius 1 is 0.927 bits per heavy atom. The Balaban J connectivity index is 1.55. The molecule has 10 heteroatoms. The van der Waals surface area contributed by atoms with E-state index in [4.69, 9.17) is 11.5 Å². The van der Waals surface area contributed by atoms with Crippen molar-refractivity contribution in [3.63, 3.8) is 0 Å². The van der Waals surface area contributed by atoms with Gasteiger partial charge in [0.15, 0.2) is 0 Å². The van der Waals surface area contributed by atoms with Crippen molar-refractivity contribution >= 4 is 33.0 Å². The number of nitrogens with zero attached hydrogens (tertiary/aromatic N) is 2. The summed E-state index contributed by atoms with van der Waals surface area (Å²) < 4.78 is 28.3. The number of unbranched alkanes of at least 4 members (excludes halogenated alkanes) is 1. The van der Waals surface area contributed by atoms with Gasteiger partial charge in [-0.05, 0) is 72.9 Å². The van der Waals surface area contributed by atoms with Crippen molar-refractivity contribution in [2.45, 2.75) is 50.6 Å². The van der Waals surface area contributed by atoms with Crippen LogP contribution in [0, 0.1) is 5.92 Å². The molecular weight excluding hydrogens is 538 g/mol. The van der Waals surface area contributed by atoms with Gasteiger partial charge >= 0.3 is 0 Å². The fourth-order valence-electron chi connectivity index (χ4n) is 4.66. The van der Waals surface area contributed by atoms with E-state index in [2.05, 4.69) is 5.32 Å². The van der Waals surface area contributed by atoms with E-state index < -0.39 is 16.1 Å². The molecule has 222 valence electrons. The molecule has 0 aliphatic heterocycles. The predicted octanol–water partition coefficient (Wildman–Crippen LogP) is 3.85. The lowest BCUT2D eigenvalue weighted by Gasteiger charge is -2.31. The minimum absolute atomic E-state index is 0.0757. The van der Waals surface area contributed by atoms with Gasteiger partial charge in [0.05, 0.1) is 18.0 Å². The Morgan fingerprint density at radius 2 is 1.63 bits per heavy atom. The zero-order valence-corrected chi connectivity index (χ0v) is 24.8. The van der Waals surface area contributed by atoms with E-state index in [1.165, 1.54) is 16.4 Å². The molecule has 0 aromatic heterocycles. The Morgan fingerprint density at radius 3 is 2.27 bits per heavy atom. The van der Waals surface area contributed by atoms with E-state index in [-0.39, 0.29) is 36.4 Å². The molecule has 1 atom stereocenters. The molecule has 0 aliphatic carbocycles. The standard InChI is InChI=1S/C31H43N5O4S/c1-24(2)20-36(41(39,40)30-16-14-26(32)15-17-30)29(23-37)13-6-7-18-34-31(38)22-35(28-11-4-3-5-12-28)21-25-9-8-10-27(33)19-25/h3-5,8-12,14-17,19,24,29,37H,6-7,13,18,20-23,32-33H2,1-2H3,(H,34,38)/t29-/m0/s1. The first-order valence-corrected chi connectivity index (χ1v) is 15.4. The third kappa shape index (κ3) is 9.77. The maximum Gasteiger partial charge on any atom is 0.243 e. The van der Waals surface area contributed by atoms with Crippen LogP contribution in [0.4, 0.5) is 17.1 Å². The Hall–Kier alpha value is -3.60. The molecule has 1 amide bonds. The van der Waals surface area contributed by atoms with Gasteiger partial charge < -0.3 is 26.8 Å².